The monoisotopic (exact) mass is 336 g/mol. The van der Waals surface area contributed by atoms with Crippen LogP contribution in [0.2, 0.25) is 0 Å². The first-order valence-electron chi connectivity index (χ1n) is 9.34. The number of rotatable bonds is 13. The van der Waals surface area contributed by atoms with E-state index in [1.807, 2.05) is 12.2 Å². The summed E-state index contributed by atoms with van der Waals surface area (Å²) < 4.78 is 0. The van der Waals surface area contributed by atoms with Crippen molar-refractivity contribution in [1.82, 2.24) is 0 Å². The van der Waals surface area contributed by atoms with Gasteiger partial charge in [0.25, 0.3) is 0 Å². The van der Waals surface area contributed by atoms with Gasteiger partial charge < -0.3 is 10.2 Å². The average molecular weight is 336 g/mol. The predicted molar refractivity (Wildman–Crippen MR) is 95.8 cm³/mol. The molecule has 0 aliphatic heterocycles. The maximum atomic E-state index is 11.9. The Morgan fingerprint density at radius 1 is 1.21 bits per heavy atom. The second kappa shape index (κ2) is 12.0. The average Bonchev–Trinajstić information content (AvgIpc) is 2.89. The van der Waals surface area contributed by atoms with Crippen LogP contribution >= 0.6 is 0 Å². The highest BCUT2D eigenvalue weighted by molar-refractivity contribution is 5.95. The predicted octanol–water partition coefficient (Wildman–Crippen LogP) is 4.28. The molecule has 1 aliphatic rings. The van der Waals surface area contributed by atoms with Crippen molar-refractivity contribution in [2.45, 2.75) is 77.2 Å². The van der Waals surface area contributed by atoms with Crippen molar-refractivity contribution in [3.8, 4) is 0 Å². The summed E-state index contributed by atoms with van der Waals surface area (Å²) in [6.45, 7) is 2.17. The van der Waals surface area contributed by atoms with E-state index < -0.39 is 12.1 Å². The number of aliphatic hydroxyl groups is 1. The number of carboxylic acid groups (broad SMARTS) is 1. The smallest absolute Gasteiger partial charge is 0.303 e. The topological polar surface area (TPSA) is 74.6 Å². The zero-order valence-corrected chi connectivity index (χ0v) is 14.8. The third kappa shape index (κ3) is 8.44. The minimum absolute atomic E-state index is 0.105. The highest BCUT2D eigenvalue weighted by Crippen LogP contribution is 2.28. The van der Waals surface area contributed by atoms with Gasteiger partial charge in [-0.2, -0.15) is 0 Å². The largest absolute Gasteiger partial charge is 0.481 e. The van der Waals surface area contributed by atoms with E-state index >= 15 is 0 Å². The van der Waals surface area contributed by atoms with E-state index in [-0.39, 0.29) is 24.0 Å². The van der Waals surface area contributed by atoms with Gasteiger partial charge in [-0.25, -0.2) is 0 Å². The van der Waals surface area contributed by atoms with Crippen molar-refractivity contribution in [2.75, 3.05) is 0 Å². The molecule has 0 unspecified atom stereocenters. The van der Waals surface area contributed by atoms with Crippen LogP contribution in [0, 0.1) is 11.8 Å². The highest BCUT2D eigenvalue weighted by atomic mass is 16.4. The van der Waals surface area contributed by atoms with Crippen molar-refractivity contribution in [3.63, 3.8) is 0 Å². The minimum Gasteiger partial charge on any atom is -0.481 e. The number of hydrogen-bond acceptors (Lipinski definition) is 3. The van der Waals surface area contributed by atoms with Crippen molar-refractivity contribution in [3.05, 3.63) is 24.3 Å². The Hall–Kier alpha value is -1.42. The molecule has 0 aromatic rings. The number of unbranched alkanes of at least 4 members (excludes halogenated alkanes) is 5. The summed E-state index contributed by atoms with van der Waals surface area (Å²) in [5.74, 6) is -0.425. The Bertz CT molecular complexity index is 439. The van der Waals surface area contributed by atoms with Gasteiger partial charge in [0.1, 0.15) is 0 Å². The van der Waals surface area contributed by atoms with Crippen LogP contribution in [0.15, 0.2) is 24.3 Å². The molecule has 0 radical (unpaired) electrons. The van der Waals surface area contributed by atoms with Crippen molar-refractivity contribution < 1.29 is 19.8 Å². The number of carbonyl (C=O) groups is 2. The fourth-order valence-corrected chi connectivity index (χ4v) is 3.13. The molecule has 0 aromatic carbocycles. The Morgan fingerprint density at radius 3 is 2.67 bits per heavy atom. The van der Waals surface area contributed by atoms with Gasteiger partial charge in [-0.3, -0.25) is 9.59 Å². The van der Waals surface area contributed by atoms with E-state index in [0.717, 1.165) is 32.1 Å². The van der Waals surface area contributed by atoms with Gasteiger partial charge in [0.15, 0.2) is 5.78 Å². The number of carboxylic acids is 1. The normalized spacial score (nSPS) is 21.7. The maximum absolute atomic E-state index is 11.9. The van der Waals surface area contributed by atoms with Crippen LogP contribution in [0.5, 0.6) is 0 Å². The summed E-state index contributed by atoms with van der Waals surface area (Å²) in [5, 5.41) is 18.6. The number of ketones is 1. The Labute approximate surface area is 145 Å². The Morgan fingerprint density at radius 2 is 1.96 bits per heavy atom. The summed E-state index contributed by atoms with van der Waals surface area (Å²) in [4.78, 5) is 22.4. The fraction of sp³-hybridized carbons (Fsp3) is 0.700. The molecule has 24 heavy (non-hydrogen) atoms. The quantitative estimate of drug-likeness (QED) is 0.389. The van der Waals surface area contributed by atoms with E-state index in [0.29, 0.717) is 12.8 Å². The second-order valence-corrected chi connectivity index (χ2v) is 6.75. The van der Waals surface area contributed by atoms with Crippen LogP contribution in [0.3, 0.4) is 0 Å². The summed E-state index contributed by atoms with van der Waals surface area (Å²) >= 11 is 0. The Kier molecular flexibility index (Phi) is 10.3. The van der Waals surface area contributed by atoms with Crippen LogP contribution in [-0.2, 0) is 9.59 Å². The number of aliphatic hydroxyl groups excluding tert-OH is 1. The lowest BCUT2D eigenvalue weighted by molar-refractivity contribution is -0.137. The molecule has 136 valence electrons. The van der Waals surface area contributed by atoms with Gasteiger partial charge in [-0.15, -0.1) is 0 Å². The summed E-state index contributed by atoms with van der Waals surface area (Å²) in [6, 6.07) is 0. The molecule has 1 rings (SSSR count). The molecule has 4 heteroatoms. The lowest BCUT2D eigenvalue weighted by Gasteiger charge is -2.15. The van der Waals surface area contributed by atoms with Gasteiger partial charge in [0, 0.05) is 12.3 Å². The van der Waals surface area contributed by atoms with Gasteiger partial charge in [-0.1, -0.05) is 63.7 Å². The van der Waals surface area contributed by atoms with E-state index in [2.05, 4.69) is 6.92 Å². The summed E-state index contributed by atoms with van der Waals surface area (Å²) in [5.41, 5.74) is 0. The van der Waals surface area contributed by atoms with E-state index in [1.165, 1.54) is 12.8 Å². The number of carbonyl (C=O) groups excluding carboxylic acids is 1. The molecule has 0 bridgehead atoms. The third-order valence-electron chi connectivity index (χ3n) is 4.62. The lowest BCUT2D eigenvalue weighted by atomic mass is 9.89. The molecular weight excluding hydrogens is 304 g/mol. The van der Waals surface area contributed by atoms with Crippen LogP contribution < -0.4 is 0 Å². The molecular formula is C20H32O4. The first-order valence-corrected chi connectivity index (χ1v) is 9.34. The third-order valence-corrected chi connectivity index (χ3v) is 4.62. The summed E-state index contributed by atoms with van der Waals surface area (Å²) in [6.07, 6.45) is 15.6. The zero-order chi connectivity index (χ0) is 17.8. The second-order valence-electron chi connectivity index (χ2n) is 6.75. The minimum atomic E-state index is -0.749. The van der Waals surface area contributed by atoms with Gasteiger partial charge in [-0.05, 0) is 31.3 Å². The molecule has 0 amide bonds. The molecule has 0 fully saturated rings. The van der Waals surface area contributed by atoms with Crippen molar-refractivity contribution >= 4 is 11.8 Å². The molecule has 0 aromatic heterocycles. The molecule has 3 atom stereocenters. The molecule has 1 aliphatic carbocycles. The van der Waals surface area contributed by atoms with Crippen LogP contribution in [0.4, 0.5) is 0 Å². The molecule has 0 saturated carbocycles. The highest BCUT2D eigenvalue weighted by Gasteiger charge is 2.27. The van der Waals surface area contributed by atoms with Gasteiger partial charge in [0.05, 0.1) is 6.10 Å². The first kappa shape index (κ1) is 20.6. The summed E-state index contributed by atoms with van der Waals surface area (Å²) in [7, 11) is 0. The Balaban J connectivity index is 2.24. The molecule has 0 saturated heterocycles. The zero-order valence-electron chi connectivity index (χ0n) is 14.8. The molecule has 0 heterocycles. The van der Waals surface area contributed by atoms with Crippen molar-refractivity contribution in [2.24, 2.45) is 11.8 Å². The molecule has 4 nitrogen and oxygen atoms in total. The van der Waals surface area contributed by atoms with Crippen LogP contribution in [-0.4, -0.2) is 28.1 Å². The molecule has 2 N–H and O–H groups in total. The lowest BCUT2D eigenvalue weighted by Crippen LogP contribution is -2.14. The molecule has 0 spiro atoms. The fourth-order valence-electron chi connectivity index (χ4n) is 3.13. The number of allylic oxidation sites excluding steroid dienone is 3. The SMILES string of the molecule is CCCCC[C@H]1C=CC(=O)[C@H]1/C=C/[C@@H](O)CCCCCCC(=O)O. The van der Waals surface area contributed by atoms with E-state index in [9.17, 15) is 14.7 Å². The number of aliphatic carboxylic acids is 1. The van der Waals surface area contributed by atoms with Gasteiger partial charge >= 0.3 is 5.97 Å². The van der Waals surface area contributed by atoms with Crippen LogP contribution in [0.25, 0.3) is 0 Å². The van der Waals surface area contributed by atoms with Gasteiger partial charge in [0.2, 0.25) is 0 Å². The standard InChI is InChI=1S/C20H32O4/c1-2-3-6-9-16-12-15-19(22)18(16)14-13-17(21)10-7-4-5-8-11-20(23)24/h12-18,21H,2-11H2,1H3,(H,23,24)/b14-13+/t16-,17-,18-/m0/s1. The van der Waals surface area contributed by atoms with Crippen LogP contribution in [0.1, 0.15) is 71.1 Å². The first-order chi connectivity index (χ1) is 11.5. The van der Waals surface area contributed by atoms with E-state index in [4.69, 9.17) is 5.11 Å². The van der Waals surface area contributed by atoms with Crippen molar-refractivity contribution in [1.29, 1.82) is 0 Å². The maximum Gasteiger partial charge on any atom is 0.303 e. The number of hydrogen-bond donors (Lipinski definition) is 2. The van der Waals surface area contributed by atoms with E-state index in [1.54, 1.807) is 12.2 Å².